The topological polar surface area (TPSA) is 76.9 Å². The summed E-state index contributed by atoms with van der Waals surface area (Å²) in [4.78, 5) is 24.3. The lowest BCUT2D eigenvalue weighted by Gasteiger charge is -2.13. The SMILES string of the molecule is O=C(Cn1nnc2ccccc2c1=O)Nc1ccccc1C(F)(F)F. The van der Waals surface area contributed by atoms with E-state index < -0.39 is 29.8 Å². The van der Waals surface area contributed by atoms with E-state index in [0.29, 0.717) is 5.52 Å². The minimum absolute atomic E-state index is 0.265. The number of nitrogens with one attached hydrogen (secondary N) is 1. The number of para-hydroxylation sites is 1. The molecule has 0 aliphatic carbocycles. The van der Waals surface area contributed by atoms with Gasteiger partial charge >= 0.3 is 6.18 Å². The summed E-state index contributed by atoms with van der Waals surface area (Å²) in [6.07, 6.45) is -4.61. The maximum Gasteiger partial charge on any atom is 0.418 e. The van der Waals surface area contributed by atoms with Crippen LogP contribution in [0.2, 0.25) is 0 Å². The van der Waals surface area contributed by atoms with Gasteiger partial charge in [0.25, 0.3) is 5.56 Å². The summed E-state index contributed by atoms with van der Waals surface area (Å²) in [5, 5.41) is 9.86. The summed E-state index contributed by atoms with van der Waals surface area (Å²) in [5.74, 6) is -0.816. The van der Waals surface area contributed by atoms with Crippen molar-refractivity contribution in [2.24, 2.45) is 0 Å². The van der Waals surface area contributed by atoms with Crippen LogP contribution < -0.4 is 10.9 Å². The van der Waals surface area contributed by atoms with Crippen LogP contribution in [0.3, 0.4) is 0 Å². The molecule has 0 aliphatic rings. The van der Waals surface area contributed by atoms with Gasteiger partial charge in [-0.2, -0.15) is 13.2 Å². The average molecular weight is 348 g/mol. The van der Waals surface area contributed by atoms with Gasteiger partial charge in [-0.1, -0.05) is 29.5 Å². The van der Waals surface area contributed by atoms with Crippen LogP contribution in [0.5, 0.6) is 0 Å². The third-order valence-electron chi connectivity index (χ3n) is 3.43. The second kappa shape index (κ2) is 6.34. The molecule has 1 aromatic heterocycles. The minimum Gasteiger partial charge on any atom is -0.324 e. The predicted octanol–water partition coefficient (Wildman–Crippen LogP) is 2.45. The molecular weight excluding hydrogens is 337 g/mol. The largest absolute Gasteiger partial charge is 0.418 e. The summed E-state index contributed by atoms with van der Waals surface area (Å²) < 4.78 is 39.6. The Morgan fingerprint density at radius 3 is 2.52 bits per heavy atom. The van der Waals surface area contributed by atoms with Gasteiger partial charge in [0, 0.05) is 0 Å². The van der Waals surface area contributed by atoms with Gasteiger partial charge in [-0.15, -0.1) is 5.10 Å². The number of hydrogen-bond acceptors (Lipinski definition) is 4. The maximum absolute atomic E-state index is 12.9. The van der Waals surface area contributed by atoms with Crippen molar-refractivity contribution in [3.05, 3.63) is 64.4 Å². The van der Waals surface area contributed by atoms with E-state index in [-0.39, 0.29) is 11.1 Å². The van der Waals surface area contributed by atoms with Crippen LogP contribution in [0, 0.1) is 0 Å². The van der Waals surface area contributed by atoms with Crippen LogP contribution in [0.4, 0.5) is 18.9 Å². The highest BCUT2D eigenvalue weighted by atomic mass is 19.4. The standard InChI is InChI=1S/C16H11F3N4O2/c17-16(18,19)11-6-2-4-8-13(11)20-14(24)9-23-15(25)10-5-1-3-7-12(10)21-22-23/h1-8H,9H2,(H,20,24). The van der Waals surface area contributed by atoms with E-state index in [9.17, 15) is 22.8 Å². The first kappa shape index (κ1) is 16.6. The number of alkyl halides is 3. The first-order valence-electron chi connectivity index (χ1n) is 7.15. The Bertz CT molecular complexity index is 998. The summed E-state index contributed by atoms with van der Waals surface area (Å²) in [6.45, 7) is -0.553. The number of hydrogen-bond donors (Lipinski definition) is 1. The van der Waals surface area contributed by atoms with Crippen molar-refractivity contribution >= 4 is 22.5 Å². The van der Waals surface area contributed by atoms with Crippen LogP contribution in [0.15, 0.2) is 53.3 Å². The molecule has 0 saturated heterocycles. The summed E-state index contributed by atoms with van der Waals surface area (Å²) >= 11 is 0. The molecule has 0 unspecified atom stereocenters. The highest BCUT2D eigenvalue weighted by Crippen LogP contribution is 2.34. The highest BCUT2D eigenvalue weighted by Gasteiger charge is 2.33. The summed E-state index contributed by atoms with van der Waals surface area (Å²) in [6, 6.07) is 11.0. The van der Waals surface area contributed by atoms with Crippen molar-refractivity contribution in [3.63, 3.8) is 0 Å². The van der Waals surface area contributed by atoms with E-state index in [1.54, 1.807) is 18.2 Å². The lowest BCUT2D eigenvalue weighted by Crippen LogP contribution is -2.30. The Balaban J connectivity index is 1.85. The Morgan fingerprint density at radius 2 is 1.76 bits per heavy atom. The quantitative estimate of drug-likeness (QED) is 0.789. The van der Waals surface area contributed by atoms with Gasteiger partial charge < -0.3 is 5.32 Å². The average Bonchev–Trinajstić information content (AvgIpc) is 2.57. The number of benzene rings is 2. The molecule has 2 aromatic carbocycles. The monoisotopic (exact) mass is 348 g/mol. The molecule has 1 N–H and O–H groups in total. The smallest absolute Gasteiger partial charge is 0.324 e. The highest BCUT2D eigenvalue weighted by molar-refractivity contribution is 5.91. The molecular formula is C16H11F3N4O2. The third-order valence-corrected chi connectivity index (χ3v) is 3.43. The van der Waals surface area contributed by atoms with Gasteiger partial charge in [0.1, 0.15) is 12.1 Å². The van der Waals surface area contributed by atoms with Gasteiger partial charge in [0.2, 0.25) is 5.91 Å². The molecule has 1 amide bonds. The molecule has 128 valence electrons. The number of anilines is 1. The maximum atomic E-state index is 12.9. The number of carbonyl (C=O) groups excluding carboxylic acids is 1. The van der Waals surface area contributed by atoms with Crippen LogP contribution in [-0.2, 0) is 17.5 Å². The van der Waals surface area contributed by atoms with Crippen LogP contribution in [0.1, 0.15) is 5.56 Å². The molecule has 25 heavy (non-hydrogen) atoms. The van der Waals surface area contributed by atoms with E-state index in [1.165, 1.54) is 18.2 Å². The van der Waals surface area contributed by atoms with Crippen LogP contribution in [0.25, 0.3) is 10.9 Å². The molecule has 0 fully saturated rings. The first-order valence-corrected chi connectivity index (χ1v) is 7.15. The molecule has 0 bridgehead atoms. The molecule has 0 spiro atoms. The second-order valence-electron chi connectivity index (χ2n) is 5.16. The van der Waals surface area contributed by atoms with Gasteiger partial charge in [0.15, 0.2) is 0 Å². The Hall–Kier alpha value is -3.23. The molecule has 0 radical (unpaired) electrons. The number of nitrogens with zero attached hydrogens (tertiary/aromatic N) is 3. The molecule has 0 aliphatic heterocycles. The zero-order valence-corrected chi connectivity index (χ0v) is 12.6. The number of amides is 1. The second-order valence-corrected chi connectivity index (χ2v) is 5.16. The third kappa shape index (κ3) is 3.49. The molecule has 1 heterocycles. The number of halogens is 3. The zero-order chi connectivity index (χ0) is 18.0. The lowest BCUT2D eigenvalue weighted by molar-refractivity contribution is -0.137. The predicted molar refractivity (Wildman–Crippen MR) is 83.9 cm³/mol. The van der Waals surface area contributed by atoms with E-state index in [0.717, 1.165) is 16.8 Å². The van der Waals surface area contributed by atoms with Crippen LogP contribution in [-0.4, -0.2) is 20.9 Å². The van der Waals surface area contributed by atoms with Crippen molar-refractivity contribution in [1.82, 2.24) is 15.0 Å². The summed E-state index contributed by atoms with van der Waals surface area (Å²) in [5.41, 5.74) is -1.54. The van der Waals surface area contributed by atoms with E-state index >= 15 is 0 Å². The molecule has 3 aromatic rings. The zero-order valence-electron chi connectivity index (χ0n) is 12.6. The molecule has 9 heteroatoms. The van der Waals surface area contributed by atoms with E-state index in [2.05, 4.69) is 15.6 Å². The van der Waals surface area contributed by atoms with Gasteiger partial charge in [-0.25, -0.2) is 4.68 Å². The van der Waals surface area contributed by atoms with Crippen molar-refractivity contribution in [2.45, 2.75) is 12.7 Å². The number of carbonyl (C=O) groups is 1. The fraction of sp³-hybridized carbons (Fsp3) is 0.125. The minimum atomic E-state index is -4.61. The van der Waals surface area contributed by atoms with Crippen LogP contribution >= 0.6 is 0 Å². The summed E-state index contributed by atoms with van der Waals surface area (Å²) in [7, 11) is 0. The lowest BCUT2D eigenvalue weighted by atomic mass is 10.1. The number of fused-ring (bicyclic) bond motifs is 1. The number of rotatable bonds is 3. The van der Waals surface area contributed by atoms with E-state index in [4.69, 9.17) is 0 Å². The van der Waals surface area contributed by atoms with E-state index in [1.807, 2.05) is 0 Å². The first-order chi connectivity index (χ1) is 11.9. The van der Waals surface area contributed by atoms with Gasteiger partial charge in [-0.05, 0) is 24.3 Å². The Morgan fingerprint density at radius 1 is 1.08 bits per heavy atom. The molecule has 3 rings (SSSR count). The van der Waals surface area contributed by atoms with Crippen molar-refractivity contribution in [1.29, 1.82) is 0 Å². The van der Waals surface area contributed by atoms with Gasteiger partial charge in [0.05, 0.1) is 16.6 Å². The normalized spacial score (nSPS) is 11.5. The van der Waals surface area contributed by atoms with Gasteiger partial charge in [-0.3, -0.25) is 9.59 Å². The van der Waals surface area contributed by atoms with Crippen molar-refractivity contribution in [2.75, 3.05) is 5.32 Å². The Labute approximate surface area is 138 Å². The molecule has 0 atom stereocenters. The fourth-order valence-electron chi connectivity index (χ4n) is 2.29. The number of aromatic nitrogens is 3. The Kier molecular flexibility index (Phi) is 4.22. The molecule has 6 nitrogen and oxygen atoms in total. The van der Waals surface area contributed by atoms with Crippen molar-refractivity contribution in [3.8, 4) is 0 Å². The fourth-order valence-corrected chi connectivity index (χ4v) is 2.29. The molecule has 0 saturated carbocycles. The van der Waals surface area contributed by atoms with Crippen molar-refractivity contribution < 1.29 is 18.0 Å².